The molecule has 0 bridgehead atoms. The predicted molar refractivity (Wildman–Crippen MR) is 49.6 cm³/mol. The molecule has 1 rings (SSSR count). The molecular weight excluding hydrogens is 202 g/mol. The molecule has 1 aromatic carbocycles. The highest BCUT2D eigenvalue weighted by Crippen LogP contribution is 2.09. The summed E-state index contributed by atoms with van der Waals surface area (Å²) in [5, 5.41) is 18.8. The number of hydrogen-bond acceptors (Lipinski definition) is 4. The summed E-state index contributed by atoms with van der Waals surface area (Å²) in [6.07, 6.45) is 0. The molecule has 0 heterocycles. The van der Waals surface area contributed by atoms with Gasteiger partial charge in [-0.05, 0) is 6.07 Å². The van der Waals surface area contributed by atoms with E-state index in [2.05, 4.69) is 0 Å². The van der Waals surface area contributed by atoms with Crippen LogP contribution in [0.2, 0.25) is 0 Å². The monoisotopic (exact) mass is 209 g/mol. The van der Waals surface area contributed by atoms with Gasteiger partial charge < -0.3 is 5.11 Å². The summed E-state index contributed by atoms with van der Waals surface area (Å²) in [6, 6.07) is 5.40. The van der Waals surface area contributed by atoms with Crippen LogP contribution in [-0.4, -0.2) is 28.3 Å². The number of carbonyl (C=O) groups is 2. The predicted octanol–water partition coefficient (Wildman–Crippen LogP) is 0.844. The summed E-state index contributed by atoms with van der Waals surface area (Å²) < 4.78 is 0. The molecule has 0 saturated carbocycles. The molecule has 0 saturated heterocycles. The van der Waals surface area contributed by atoms with Crippen molar-refractivity contribution in [3.63, 3.8) is 0 Å². The second-order valence-electron chi connectivity index (χ2n) is 2.76. The lowest BCUT2D eigenvalue weighted by atomic mass is 10.0. The number of ketones is 1. The second-order valence-corrected chi connectivity index (χ2v) is 2.76. The molecule has 0 aliphatic rings. The number of rotatable bonds is 4. The molecule has 0 amide bonds. The van der Waals surface area contributed by atoms with Crippen LogP contribution in [0.1, 0.15) is 20.7 Å². The van der Waals surface area contributed by atoms with Gasteiger partial charge >= 0.3 is 5.97 Å². The van der Waals surface area contributed by atoms with Crippen molar-refractivity contribution in [3.05, 3.63) is 45.5 Å². The minimum atomic E-state index is -1.28. The van der Waals surface area contributed by atoms with Gasteiger partial charge in [-0.3, -0.25) is 14.9 Å². The zero-order chi connectivity index (χ0) is 11.4. The standard InChI is InChI=1S/C9H7NO5/c11-8(5-10(14)15)6-3-1-2-4-7(6)9(12)13/h1-4H,5H2,(H,12,13). The topological polar surface area (TPSA) is 97.5 Å². The van der Waals surface area contributed by atoms with Crippen molar-refractivity contribution in [1.82, 2.24) is 0 Å². The molecule has 6 nitrogen and oxygen atoms in total. The number of benzene rings is 1. The lowest BCUT2D eigenvalue weighted by Crippen LogP contribution is -2.17. The van der Waals surface area contributed by atoms with E-state index >= 15 is 0 Å². The molecule has 6 heteroatoms. The zero-order valence-corrected chi connectivity index (χ0v) is 7.54. The molecular formula is C9H7NO5. The Bertz CT molecular complexity index is 426. The van der Waals surface area contributed by atoms with E-state index in [0.717, 1.165) is 0 Å². The van der Waals surface area contributed by atoms with Gasteiger partial charge in [0.2, 0.25) is 5.78 Å². The molecule has 0 aromatic heterocycles. The van der Waals surface area contributed by atoms with Crippen LogP contribution < -0.4 is 0 Å². The Labute approximate surface area is 84.3 Å². The maximum atomic E-state index is 11.3. The van der Waals surface area contributed by atoms with E-state index in [0.29, 0.717) is 0 Å². The van der Waals surface area contributed by atoms with Crippen molar-refractivity contribution in [2.75, 3.05) is 6.54 Å². The molecule has 0 spiro atoms. The van der Waals surface area contributed by atoms with Gasteiger partial charge in [0, 0.05) is 10.5 Å². The Morgan fingerprint density at radius 3 is 2.27 bits per heavy atom. The quantitative estimate of drug-likeness (QED) is 0.450. The number of aromatic carboxylic acids is 1. The van der Waals surface area contributed by atoms with Gasteiger partial charge in [0.1, 0.15) is 0 Å². The summed E-state index contributed by atoms with van der Waals surface area (Å²) in [5.74, 6) is -2.08. The third-order valence-corrected chi connectivity index (χ3v) is 1.73. The van der Waals surface area contributed by atoms with E-state index < -0.39 is 23.2 Å². The van der Waals surface area contributed by atoms with Crippen LogP contribution in [0.15, 0.2) is 24.3 Å². The molecule has 0 aliphatic heterocycles. The van der Waals surface area contributed by atoms with Crippen molar-refractivity contribution in [3.8, 4) is 0 Å². The van der Waals surface area contributed by atoms with Gasteiger partial charge in [-0.1, -0.05) is 18.2 Å². The van der Waals surface area contributed by atoms with Crippen molar-refractivity contribution in [1.29, 1.82) is 0 Å². The van der Waals surface area contributed by atoms with E-state index in [-0.39, 0.29) is 11.1 Å². The first kappa shape index (κ1) is 10.8. The number of hydrogen-bond donors (Lipinski definition) is 1. The van der Waals surface area contributed by atoms with E-state index in [1.807, 2.05) is 0 Å². The number of nitro groups is 1. The van der Waals surface area contributed by atoms with Crippen LogP contribution in [0.5, 0.6) is 0 Å². The molecule has 0 unspecified atom stereocenters. The summed E-state index contributed by atoms with van der Waals surface area (Å²) in [6.45, 7) is -0.899. The normalized spacial score (nSPS) is 9.60. The SMILES string of the molecule is O=C(O)c1ccccc1C(=O)C[N+](=O)[O-]. The molecule has 0 fully saturated rings. The highest BCUT2D eigenvalue weighted by atomic mass is 16.6. The molecule has 15 heavy (non-hydrogen) atoms. The summed E-state index contributed by atoms with van der Waals surface area (Å²) in [4.78, 5) is 31.3. The average Bonchev–Trinajstić information content (AvgIpc) is 2.16. The lowest BCUT2D eigenvalue weighted by molar-refractivity contribution is -0.465. The maximum Gasteiger partial charge on any atom is 0.336 e. The maximum absolute atomic E-state index is 11.3. The highest BCUT2D eigenvalue weighted by Gasteiger charge is 2.19. The smallest absolute Gasteiger partial charge is 0.336 e. The molecule has 78 valence electrons. The van der Waals surface area contributed by atoms with Gasteiger partial charge in [-0.15, -0.1) is 0 Å². The Hall–Kier alpha value is -2.24. The Morgan fingerprint density at radius 2 is 1.80 bits per heavy atom. The van der Waals surface area contributed by atoms with E-state index in [9.17, 15) is 19.7 Å². The van der Waals surface area contributed by atoms with Crippen LogP contribution in [0, 0.1) is 10.1 Å². The summed E-state index contributed by atoms with van der Waals surface area (Å²) >= 11 is 0. The fraction of sp³-hybridized carbons (Fsp3) is 0.111. The third kappa shape index (κ3) is 2.60. The summed E-state index contributed by atoms with van der Waals surface area (Å²) in [7, 11) is 0. The first-order valence-electron chi connectivity index (χ1n) is 3.99. The zero-order valence-electron chi connectivity index (χ0n) is 7.54. The number of nitrogens with zero attached hydrogens (tertiary/aromatic N) is 1. The third-order valence-electron chi connectivity index (χ3n) is 1.73. The Kier molecular flexibility index (Phi) is 3.12. The minimum Gasteiger partial charge on any atom is -0.478 e. The number of Topliss-reactive ketones (excluding diaryl/α,β-unsaturated/α-hetero) is 1. The van der Waals surface area contributed by atoms with Gasteiger partial charge in [0.15, 0.2) is 0 Å². The van der Waals surface area contributed by atoms with Crippen molar-refractivity contribution < 1.29 is 19.6 Å². The largest absolute Gasteiger partial charge is 0.478 e. The van der Waals surface area contributed by atoms with Gasteiger partial charge in [-0.25, -0.2) is 4.79 Å². The van der Waals surface area contributed by atoms with Crippen molar-refractivity contribution >= 4 is 11.8 Å². The van der Waals surface area contributed by atoms with E-state index in [1.54, 1.807) is 0 Å². The summed E-state index contributed by atoms with van der Waals surface area (Å²) in [5.41, 5.74) is -0.356. The van der Waals surface area contributed by atoms with E-state index in [4.69, 9.17) is 5.11 Å². The first-order chi connectivity index (χ1) is 7.02. The first-order valence-corrected chi connectivity index (χ1v) is 3.99. The van der Waals surface area contributed by atoms with Crippen LogP contribution in [0.3, 0.4) is 0 Å². The fourth-order valence-electron chi connectivity index (χ4n) is 1.12. The lowest BCUT2D eigenvalue weighted by Gasteiger charge is -2.01. The Balaban J connectivity index is 3.08. The second kappa shape index (κ2) is 4.32. The molecule has 0 aliphatic carbocycles. The molecule has 1 N–H and O–H groups in total. The number of carboxylic acids is 1. The molecule has 1 aromatic rings. The number of carboxylic acid groups (broad SMARTS) is 1. The van der Waals surface area contributed by atoms with Crippen molar-refractivity contribution in [2.45, 2.75) is 0 Å². The van der Waals surface area contributed by atoms with Crippen LogP contribution in [0.25, 0.3) is 0 Å². The van der Waals surface area contributed by atoms with E-state index in [1.165, 1.54) is 24.3 Å². The fourth-order valence-corrected chi connectivity index (χ4v) is 1.12. The molecule has 0 radical (unpaired) electrons. The Morgan fingerprint density at radius 1 is 1.27 bits per heavy atom. The van der Waals surface area contributed by atoms with Gasteiger partial charge in [0.05, 0.1) is 5.56 Å². The van der Waals surface area contributed by atoms with Gasteiger partial charge in [-0.2, -0.15) is 0 Å². The van der Waals surface area contributed by atoms with Crippen molar-refractivity contribution in [2.24, 2.45) is 0 Å². The van der Waals surface area contributed by atoms with Crippen LogP contribution in [-0.2, 0) is 0 Å². The van der Waals surface area contributed by atoms with Gasteiger partial charge in [0.25, 0.3) is 6.54 Å². The van der Waals surface area contributed by atoms with Crippen LogP contribution >= 0.6 is 0 Å². The highest BCUT2D eigenvalue weighted by molar-refractivity contribution is 6.06. The number of carbonyl (C=O) groups excluding carboxylic acids is 1. The molecule has 0 atom stereocenters. The van der Waals surface area contributed by atoms with Crippen LogP contribution in [0.4, 0.5) is 0 Å². The minimum absolute atomic E-state index is 0.137. The average molecular weight is 209 g/mol.